The van der Waals surface area contributed by atoms with Crippen LogP contribution in [-0.2, 0) is 0 Å². The summed E-state index contributed by atoms with van der Waals surface area (Å²) in [6.45, 7) is 0.923. The van der Waals surface area contributed by atoms with E-state index in [1.807, 2.05) is 6.21 Å². The number of aliphatic imine (C=N–C) groups is 1. The van der Waals surface area contributed by atoms with Crippen molar-refractivity contribution in [3.8, 4) is 0 Å². The molecule has 3 nitrogen and oxygen atoms in total. The molecule has 0 aliphatic carbocycles. The van der Waals surface area contributed by atoms with E-state index in [0.717, 1.165) is 24.4 Å². The number of halogens is 1. The van der Waals surface area contributed by atoms with Gasteiger partial charge in [-0.3, -0.25) is 10.4 Å². The molecule has 3 rings (SSSR count). The molecule has 0 fully saturated rings. The fraction of sp³-hybridized carbons (Fsp3) is 0.294. The van der Waals surface area contributed by atoms with Crippen LogP contribution in [0, 0.1) is 0 Å². The van der Waals surface area contributed by atoms with Gasteiger partial charge in [0.15, 0.2) is 0 Å². The van der Waals surface area contributed by atoms with Crippen LogP contribution in [0.3, 0.4) is 0 Å². The third kappa shape index (κ3) is 4.05. The molecular weight excluding hydrogens is 282 g/mol. The van der Waals surface area contributed by atoms with Gasteiger partial charge in [-0.1, -0.05) is 48.9 Å². The molecule has 0 amide bonds. The van der Waals surface area contributed by atoms with Gasteiger partial charge < -0.3 is 0 Å². The molecule has 1 heterocycles. The van der Waals surface area contributed by atoms with Gasteiger partial charge in [-0.05, 0) is 23.6 Å². The molecule has 0 unspecified atom stereocenters. The van der Waals surface area contributed by atoms with Gasteiger partial charge in [0.25, 0.3) is 0 Å². The second-order valence-corrected chi connectivity index (χ2v) is 5.08. The summed E-state index contributed by atoms with van der Waals surface area (Å²) < 4.78 is 0. The summed E-state index contributed by atoms with van der Waals surface area (Å²) in [4.78, 5) is 4.51. The molecule has 0 radical (unpaired) electrons. The maximum absolute atomic E-state index is 4.51. The number of hydrazone groups is 1. The predicted octanol–water partition coefficient (Wildman–Crippen LogP) is 4.16. The minimum Gasteiger partial charge on any atom is -0.271 e. The lowest BCUT2D eigenvalue weighted by Crippen LogP contribution is -2.17. The summed E-state index contributed by atoms with van der Waals surface area (Å²) in [6, 6.07) is 14.6. The predicted molar refractivity (Wildman–Crippen MR) is 92.7 cm³/mol. The van der Waals surface area contributed by atoms with Crippen molar-refractivity contribution in [2.45, 2.75) is 25.7 Å². The normalized spacial score (nSPS) is 15.3. The van der Waals surface area contributed by atoms with Gasteiger partial charge in [0, 0.05) is 18.5 Å². The molecule has 1 aliphatic rings. The minimum absolute atomic E-state index is 0. The van der Waals surface area contributed by atoms with E-state index in [9.17, 15) is 0 Å². The fourth-order valence-electron chi connectivity index (χ4n) is 2.50. The Hall–Kier alpha value is -1.87. The van der Waals surface area contributed by atoms with Crippen LogP contribution >= 0.6 is 12.4 Å². The van der Waals surface area contributed by atoms with E-state index in [1.54, 1.807) is 0 Å². The Bertz CT molecular complexity index is 644. The second kappa shape index (κ2) is 7.79. The zero-order valence-corrected chi connectivity index (χ0v) is 12.8. The number of rotatable bonds is 2. The first-order valence-corrected chi connectivity index (χ1v) is 7.24. The monoisotopic (exact) mass is 301 g/mol. The number of fused-ring (bicyclic) bond motifs is 1. The number of nitrogens with one attached hydrogen (secondary N) is 1. The average Bonchev–Trinajstić information content (AvgIpc) is 2.76. The molecular formula is C17H20ClN3. The van der Waals surface area contributed by atoms with Crippen molar-refractivity contribution in [2.75, 3.05) is 6.54 Å². The maximum atomic E-state index is 4.51. The molecule has 4 heteroatoms. The molecule has 110 valence electrons. The van der Waals surface area contributed by atoms with E-state index in [2.05, 4.69) is 58.0 Å². The molecule has 0 atom stereocenters. The Morgan fingerprint density at radius 3 is 2.81 bits per heavy atom. The lowest BCUT2D eigenvalue weighted by molar-refractivity contribution is 0.729. The second-order valence-electron chi connectivity index (χ2n) is 5.08. The van der Waals surface area contributed by atoms with Crippen LogP contribution in [0.25, 0.3) is 10.8 Å². The molecule has 0 bridgehead atoms. The van der Waals surface area contributed by atoms with E-state index in [1.165, 1.54) is 30.0 Å². The van der Waals surface area contributed by atoms with E-state index < -0.39 is 0 Å². The Morgan fingerprint density at radius 2 is 1.86 bits per heavy atom. The van der Waals surface area contributed by atoms with Crippen molar-refractivity contribution >= 4 is 35.2 Å². The quantitative estimate of drug-likeness (QED) is 0.656. The third-order valence-electron chi connectivity index (χ3n) is 3.59. The summed E-state index contributed by atoms with van der Waals surface area (Å²) in [5, 5.41) is 6.82. The Labute approximate surface area is 131 Å². The Morgan fingerprint density at radius 1 is 1.00 bits per heavy atom. The van der Waals surface area contributed by atoms with Gasteiger partial charge in [0.05, 0.1) is 6.21 Å². The van der Waals surface area contributed by atoms with Gasteiger partial charge in [0.2, 0.25) is 0 Å². The number of nitrogens with zero attached hydrogens (tertiary/aromatic N) is 2. The highest BCUT2D eigenvalue weighted by atomic mass is 35.5. The van der Waals surface area contributed by atoms with E-state index in [0.29, 0.717) is 0 Å². The number of amidine groups is 1. The largest absolute Gasteiger partial charge is 0.271 e. The highest BCUT2D eigenvalue weighted by molar-refractivity contribution is 6.00. The van der Waals surface area contributed by atoms with Gasteiger partial charge in [0.1, 0.15) is 5.84 Å². The lowest BCUT2D eigenvalue weighted by Gasteiger charge is -2.03. The van der Waals surface area contributed by atoms with Crippen molar-refractivity contribution in [2.24, 2.45) is 10.1 Å². The molecule has 1 N–H and O–H groups in total. The summed E-state index contributed by atoms with van der Waals surface area (Å²) in [7, 11) is 0. The van der Waals surface area contributed by atoms with Crippen LogP contribution in [0.4, 0.5) is 0 Å². The van der Waals surface area contributed by atoms with E-state index in [4.69, 9.17) is 0 Å². The van der Waals surface area contributed by atoms with E-state index in [-0.39, 0.29) is 12.4 Å². The van der Waals surface area contributed by atoms with Crippen LogP contribution in [0.5, 0.6) is 0 Å². The SMILES string of the molecule is C(=NNC1=NCCCCC1)c1cccc2ccccc12.Cl. The summed E-state index contributed by atoms with van der Waals surface area (Å²) >= 11 is 0. The van der Waals surface area contributed by atoms with Crippen molar-refractivity contribution in [1.29, 1.82) is 0 Å². The average molecular weight is 302 g/mol. The van der Waals surface area contributed by atoms with Gasteiger partial charge in [-0.2, -0.15) is 5.10 Å². The molecule has 0 saturated carbocycles. The van der Waals surface area contributed by atoms with Crippen LogP contribution in [0.1, 0.15) is 31.2 Å². The third-order valence-corrected chi connectivity index (χ3v) is 3.59. The zero-order chi connectivity index (χ0) is 13.6. The lowest BCUT2D eigenvalue weighted by atomic mass is 10.1. The standard InChI is InChI=1S/C17H19N3.ClH/c1-2-11-17(18-12-5-1)20-19-13-15-9-6-8-14-7-3-4-10-16(14)15;/h3-4,6-10,13H,1-2,5,11-12H2,(H,18,20);1H. The zero-order valence-electron chi connectivity index (χ0n) is 12.0. The molecule has 2 aromatic carbocycles. The van der Waals surface area contributed by atoms with Crippen molar-refractivity contribution in [3.05, 3.63) is 48.0 Å². The van der Waals surface area contributed by atoms with Crippen molar-refractivity contribution in [3.63, 3.8) is 0 Å². The first kappa shape index (κ1) is 15.5. The smallest absolute Gasteiger partial charge is 0.117 e. The molecule has 21 heavy (non-hydrogen) atoms. The molecule has 0 spiro atoms. The van der Waals surface area contributed by atoms with Crippen molar-refractivity contribution < 1.29 is 0 Å². The number of hydrogen-bond donors (Lipinski definition) is 1. The number of benzene rings is 2. The summed E-state index contributed by atoms with van der Waals surface area (Å²) in [5.41, 5.74) is 4.22. The first-order chi connectivity index (χ1) is 9.93. The topological polar surface area (TPSA) is 36.8 Å². The molecule has 0 aromatic heterocycles. The van der Waals surface area contributed by atoms with Gasteiger partial charge >= 0.3 is 0 Å². The highest BCUT2D eigenvalue weighted by Crippen LogP contribution is 2.16. The van der Waals surface area contributed by atoms with Crippen LogP contribution in [0.2, 0.25) is 0 Å². The Kier molecular flexibility index (Phi) is 5.76. The summed E-state index contributed by atoms with van der Waals surface area (Å²) in [5.74, 6) is 1.01. The molecule has 1 aliphatic heterocycles. The van der Waals surface area contributed by atoms with Crippen LogP contribution in [-0.4, -0.2) is 18.6 Å². The van der Waals surface area contributed by atoms with Crippen LogP contribution < -0.4 is 5.43 Å². The van der Waals surface area contributed by atoms with E-state index >= 15 is 0 Å². The summed E-state index contributed by atoms with van der Waals surface area (Å²) in [6.07, 6.45) is 6.55. The van der Waals surface area contributed by atoms with Crippen molar-refractivity contribution in [1.82, 2.24) is 5.43 Å². The van der Waals surface area contributed by atoms with Crippen LogP contribution in [0.15, 0.2) is 52.6 Å². The minimum atomic E-state index is 0. The molecule has 2 aromatic rings. The highest BCUT2D eigenvalue weighted by Gasteiger charge is 2.02. The maximum Gasteiger partial charge on any atom is 0.117 e. The fourth-order valence-corrected chi connectivity index (χ4v) is 2.50. The van der Waals surface area contributed by atoms with Gasteiger partial charge in [-0.25, -0.2) is 0 Å². The Balaban J connectivity index is 0.00000161. The number of hydrogen-bond acceptors (Lipinski definition) is 3. The molecule has 0 saturated heterocycles. The first-order valence-electron chi connectivity index (χ1n) is 7.24. The van der Waals surface area contributed by atoms with Gasteiger partial charge in [-0.15, -0.1) is 12.4 Å².